The Kier molecular flexibility index (Phi) is 5.45. The Morgan fingerprint density at radius 3 is 2.55 bits per heavy atom. The highest BCUT2D eigenvalue weighted by atomic mass is 32.2. The molecule has 1 fully saturated rings. The van der Waals surface area contributed by atoms with E-state index < -0.39 is 10.2 Å². The maximum absolute atomic E-state index is 11.7. The lowest BCUT2D eigenvalue weighted by Gasteiger charge is -2.26. The van der Waals surface area contributed by atoms with E-state index in [9.17, 15) is 8.42 Å². The standard InChI is InChI=1S/C11H20N6O4S/c1-16(2)22(18,19)12-8-9-13-10(15-11(14-9)20-3)17-4-6-21-7-5-17/h12H,4-8H2,1-3H3. The van der Waals surface area contributed by atoms with E-state index in [1.165, 1.54) is 21.2 Å². The number of nitrogens with one attached hydrogen (secondary N) is 1. The van der Waals surface area contributed by atoms with Crippen molar-refractivity contribution in [1.82, 2.24) is 24.0 Å². The fourth-order valence-corrected chi connectivity index (χ4v) is 2.32. The van der Waals surface area contributed by atoms with Gasteiger partial charge >= 0.3 is 6.01 Å². The van der Waals surface area contributed by atoms with Gasteiger partial charge in [0, 0.05) is 27.2 Å². The van der Waals surface area contributed by atoms with Crippen LogP contribution in [0.2, 0.25) is 0 Å². The fourth-order valence-electron chi connectivity index (χ4n) is 1.75. The predicted octanol–water partition coefficient (Wildman–Crippen LogP) is -1.39. The summed E-state index contributed by atoms with van der Waals surface area (Å²) in [7, 11) is 0.785. The minimum Gasteiger partial charge on any atom is -0.467 e. The Hall–Kier alpha value is -1.56. The number of aromatic nitrogens is 3. The molecule has 1 aromatic heterocycles. The highest BCUT2D eigenvalue weighted by molar-refractivity contribution is 7.87. The summed E-state index contributed by atoms with van der Waals surface area (Å²) in [4.78, 5) is 14.5. The predicted molar refractivity (Wildman–Crippen MR) is 78.9 cm³/mol. The Morgan fingerprint density at radius 2 is 1.95 bits per heavy atom. The van der Waals surface area contributed by atoms with Crippen molar-refractivity contribution in [2.45, 2.75) is 6.54 Å². The van der Waals surface area contributed by atoms with Gasteiger partial charge in [0.15, 0.2) is 5.82 Å². The van der Waals surface area contributed by atoms with Crippen molar-refractivity contribution in [1.29, 1.82) is 0 Å². The second kappa shape index (κ2) is 7.13. The third kappa shape index (κ3) is 4.22. The molecule has 0 saturated carbocycles. The van der Waals surface area contributed by atoms with E-state index >= 15 is 0 Å². The molecule has 0 aromatic carbocycles. The van der Waals surface area contributed by atoms with Gasteiger partial charge in [-0.25, -0.2) is 0 Å². The summed E-state index contributed by atoms with van der Waals surface area (Å²) >= 11 is 0. The number of ether oxygens (including phenoxy) is 2. The second-order valence-corrected chi connectivity index (χ2v) is 6.72. The summed E-state index contributed by atoms with van der Waals surface area (Å²) in [5.74, 6) is 0.743. The summed E-state index contributed by atoms with van der Waals surface area (Å²) in [5.41, 5.74) is 0. The molecule has 1 aliphatic rings. The highest BCUT2D eigenvalue weighted by Gasteiger charge is 2.18. The largest absolute Gasteiger partial charge is 0.467 e. The number of nitrogens with zero attached hydrogens (tertiary/aromatic N) is 5. The molecule has 10 nitrogen and oxygen atoms in total. The topological polar surface area (TPSA) is 110 Å². The van der Waals surface area contributed by atoms with Crippen LogP contribution in [0.1, 0.15) is 5.82 Å². The summed E-state index contributed by atoms with van der Waals surface area (Å²) in [5, 5.41) is 0. The van der Waals surface area contributed by atoms with Crippen molar-refractivity contribution in [3.05, 3.63) is 5.82 Å². The molecule has 1 aromatic rings. The summed E-state index contributed by atoms with van der Waals surface area (Å²) in [6, 6.07) is 0.149. The highest BCUT2D eigenvalue weighted by Crippen LogP contribution is 2.13. The van der Waals surface area contributed by atoms with Gasteiger partial charge in [0.05, 0.1) is 26.9 Å². The zero-order chi connectivity index (χ0) is 16.2. The maximum atomic E-state index is 11.7. The lowest BCUT2D eigenvalue weighted by atomic mass is 10.4. The van der Waals surface area contributed by atoms with Crippen LogP contribution in [0.15, 0.2) is 0 Å². The average Bonchev–Trinajstić information content (AvgIpc) is 2.53. The number of anilines is 1. The first-order chi connectivity index (χ1) is 10.4. The molecular formula is C11H20N6O4S. The van der Waals surface area contributed by atoms with Gasteiger partial charge < -0.3 is 14.4 Å². The Balaban J connectivity index is 2.16. The van der Waals surface area contributed by atoms with Crippen molar-refractivity contribution < 1.29 is 17.9 Å². The van der Waals surface area contributed by atoms with Crippen LogP contribution in [0.5, 0.6) is 6.01 Å². The van der Waals surface area contributed by atoms with Gasteiger partial charge in [-0.3, -0.25) is 0 Å². The van der Waals surface area contributed by atoms with Crippen LogP contribution < -0.4 is 14.4 Å². The van der Waals surface area contributed by atoms with Crippen molar-refractivity contribution >= 4 is 16.2 Å². The number of hydrogen-bond acceptors (Lipinski definition) is 8. The van der Waals surface area contributed by atoms with Crippen molar-refractivity contribution in [2.75, 3.05) is 52.4 Å². The van der Waals surface area contributed by atoms with E-state index in [0.29, 0.717) is 38.1 Å². The molecule has 2 rings (SSSR count). The Labute approximate surface area is 129 Å². The van der Waals surface area contributed by atoms with Gasteiger partial charge in [-0.05, 0) is 0 Å². The molecule has 1 N–H and O–H groups in total. The average molecular weight is 332 g/mol. The van der Waals surface area contributed by atoms with Gasteiger partial charge in [-0.1, -0.05) is 0 Å². The van der Waals surface area contributed by atoms with Crippen molar-refractivity contribution in [2.24, 2.45) is 0 Å². The van der Waals surface area contributed by atoms with E-state index in [0.717, 1.165) is 4.31 Å². The SMILES string of the molecule is COc1nc(CNS(=O)(=O)N(C)C)nc(N2CCOCC2)n1. The maximum Gasteiger partial charge on any atom is 0.321 e. The zero-order valence-electron chi connectivity index (χ0n) is 12.8. The number of methoxy groups -OCH3 is 1. The monoisotopic (exact) mass is 332 g/mol. The van der Waals surface area contributed by atoms with Crippen LogP contribution in [-0.4, -0.2) is 75.2 Å². The number of morpholine rings is 1. The molecule has 0 aliphatic carbocycles. The van der Waals surface area contributed by atoms with Gasteiger partial charge in [-0.15, -0.1) is 0 Å². The van der Waals surface area contributed by atoms with Crippen LogP contribution in [0, 0.1) is 0 Å². The van der Waals surface area contributed by atoms with Gasteiger partial charge in [0.2, 0.25) is 5.95 Å². The van der Waals surface area contributed by atoms with E-state index in [-0.39, 0.29) is 12.6 Å². The van der Waals surface area contributed by atoms with Gasteiger partial charge in [0.1, 0.15) is 0 Å². The van der Waals surface area contributed by atoms with E-state index in [1.807, 2.05) is 4.90 Å². The summed E-state index contributed by atoms with van der Waals surface area (Å²) < 4.78 is 37.3. The molecule has 22 heavy (non-hydrogen) atoms. The molecule has 11 heteroatoms. The molecule has 0 bridgehead atoms. The molecule has 0 spiro atoms. The van der Waals surface area contributed by atoms with Crippen LogP contribution in [0.4, 0.5) is 5.95 Å². The van der Waals surface area contributed by atoms with Crippen LogP contribution >= 0.6 is 0 Å². The molecule has 2 heterocycles. The third-order valence-corrected chi connectivity index (χ3v) is 4.49. The Morgan fingerprint density at radius 1 is 1.27 bits per heavy atom. The van der Waals surface area contributed by atoms with Gasteiger partial charge in [-0.2, -0.15) is 32.4 Å². The lowest BCUT2D eigenvalue weighted by Crippen LogP contribution is -2.38. The molecule has 0 unspecified atom stereocenters. The third-order valence-electron chi connectivity index (χ3n) is 3.02. The molecular weight excluding hydrogens is 312 g/mol. The molecule has 0 radical (unpaired) electrons. The van der Waals surface area contributed by atoms with Crippen LogP contribution in [0.3, 0.4) is 0 Å². The second-order valence-electron chi connectivity index (χ2n) is 4.75. The number of rotatable bonds is 6. The normalized spacial score (nSPS) is 16.1. The summed E-state index contributed by atoms with van der Waals surface area (Å²) in [6.45, 7) is 2.47. The molecule has 1 aliphatic heterocycles. The molecule has 1 saturated heterocycles. The first-order valence-electron chi connectivity index (χ1n) is 6.71. The zero-order valence-corrected chi connectivity index (χ0v) is 13.6. The minimum atomic E-state index is -3.55. The molecule has 124 valence electrons. The summed E-state index contributed by atoms with van der Waals surface area (Å²) in [6.07, 6.45) is 0. The van der Waals surface area contributed by atoms with E-state index in [1.54, 1.807) is 0 Å². The van der Waals surface area contributed by atoms with Crippen LogP contribution in [-0.2, 0) is 21.5 Å². The number of hydrogen-bond donors (Lipinski definition) is 1. The van der Waals surface area contributed by atoms with Crippen LogP contribution in [0.25, 0.3) is 0 Å². The first-order valence-corrected chi connectivity index (χ1v) is 8.15. The molecule has 0 atom stereocenters. The van der Waals surface area contributed by atoms with Crippen molar-refractivity contribution in [3.63, 3.8) is 0 Å². The Bertz CT molecular complexity index is 603. The van der Waals surface area contributed by atoms with Crippen molar-refractivity contribution in [3.8, 4) is 6.01 Å². The minimum absolute atomic E-state index is 0.0449. The van der Waals surface area contributed by atoms with E-state index in [2.05, 4.69) is 19.7 Å². The molecule has 0 amide bonds. The lowest BCUT2D eigenvalue weighted by molar-refractivity contribution is 0.122. The van der Waals surface area contributed by atoms with Gasteiger partial charge in [0.25, 0.3) is 10.2 Å². The first kappa shape index (κ1) is 16.8. The quantitative estimate of drug-likeness (QED) is 0.678. The van der Waals surface area contributed by atoms with E-state index in [4.69, 9.17) is 9.47 Å². The fraction of sp³-hybridized carbons (Fsp3) is 0.727. The smallest absolute Gasteiger partial charge is 0.321 e.